The molecule has 0 aromatic heterocycles. The van der Waals surface area contributed by atoms with E-state index in [4.69, 9.17) is 15.9 Å². The predicted molar refractivity (Wildman–Crippen MR) is 71.9 cm³/mol. The lowest BCUT2D eigenvalue weighted by molar-refractivity contribution is -0.128. The smallest absolute Gasteiger partial charge is 0.224 e. The molecule has 0 N–H and O–H groups in total. The molecule has 2 rings (SSSR count). The number of hydrogen-bond acceptors (Lipinski definition) is 3. The highest BCUT2D eigenvalue weighted by atomic mass is 16.5. The monoisotopic (exact) mass is 259 g/mol. The molecule has 1 fully saturated rings. The SMILES string of the molecule is C#CC1CC(=O)N(Cc2cc(OC)ccc2OC)C1. The zero-order valence-electron chi connectivity index (χ0n) is 11.2. The summed E-state index contributed by atoms with van der Waals surface area (Å²) < 4.78 is 10.5. The Bertz CT molecular complexity index is 519. The molecule has 0 saturated carbocycles. The first-order valence-corrected chi connectivity index (χ1v) is 6.12. The van der Waals surface area contributed by atoms with Crippen LogP contribution in [0.2, 0.25) is 0 Å². The van der Waals surface area contributed by atoms with Gasteiger partial charge in [0.15, 0.2) is 0 Å². The van der Waals surface area contributed by atoms with Crippen molar-refractivity contribution < 1.29 is 14.3 Å². The molecular weight excluding hydrogens is 242 g/mol. The molecule has 1 aliphatic heterocycles. The number of methoxy groups -OCH3 is 2. The quantitative estimate of drug-likeness (QED) is 0.772. The highest BCUT2D eigenvalue weighted by molar-refractivity contribution is 5.79. The van der Waals surface area contributed by atoms with Gasteiger partial charge in [0.25, 0.3) is 0 Å². The maximum atomic E-state index is 11.9. The fraction of sp³-hybridized carbons (Fsp3) is 0.400. The van der Waals surface area contributed by atoms with Gasteiger partial charge in [-0.15, -0.1) is 12.3 Å². The second-order valence-corrected chi connectivity index (χ2v) is 4.52. The molecule has 19 heavy (non-hydrogen) atoms. The first-order valence-electron chi connectivity index (χ1n) is 6.12. The van der Waals surface area contributed by atoms with E-state index in [1.54, 1.807) is 19.1 Å². The van der Waals surface area contributed by atoms with Crippen LogP contribution in [0.15, 0.2) is 18.2 Å². The van der Waals surface area contributed by atoms with Gasteiger partial charge < -0.3 is 14.4 Å². The van der Waals surface area contributed by atoms with Crippen molar-refractivity contribution in [1.82, 2.24) is 4.90 Å². The third-order valence-electron chi connectivity index (χ3n) is 3.30. The summed E-state index contributed by atoms with van der Waals surface area (Å²) in [6.07, 6.45) is 5.81. The standard InChI is InChI=1S/C15H17NO3/c1-4-11-7-15(17)16(9-11)10-12-8-13(18-2)5-6-14(12)19-3/h1,5-6,8,11H,7,9-10H2,2-3H3. The van der Waals surface area contributed by atoms with E-state index in [0.717, 1.165) is 17.1 Å². The topological polar surface area (TPSA) is 38.8 Å². The molecule has 1 heterocycles. The summed E-state index contributed by atoms with van der Waals surface area (Å²) in [5, 5.41) is 0. The maximum Gasteiger partial charge on any atom is 0.224 e. The maximum absolute atomic E-state index is 11.9. The van der Waals surface area contributed by atoms with Gasteiger partial charge in [-0.3, -0.25) is 4.79 Å². The average molecular weight is 259 g/mol. The fourth-order valence-electron chi connectivity index (χ4n) is 2.25. The summed E-state index contributed by atoms with van der Waals surface area (Å²) in [7, 11) is 3.22. The molecule has 100 valence electrons. The van der Waals surface area contributed by atoms with E-state index in [9.17, 15) is 4.79 Å². The molecule has 1 aromatic rings. The molecule has 0 spiro atoms. The summed E-state index contributed by atoms with van der Waals surface area (Å²) in [6, 6.07) is 5.56. The summed E-state index contributed by atoms with van der Waals surface area (Å²) in [6.45, 7) is 1.10. The minimum absolute atomic E-state index is 0.0177. The van der Waals surface area contributed by atoms with Crippen molar-refractivity contribution >= 4 is 5.91 Å². The van der Waals surface area contributed by atoms with Crippen LogP contribution in [0.25, 0.3) is 0 Å². The fourth-order valence-corrected chi connectivity index (χ4v) is 2.25. The van der Waals surface area contributed by atoms with Crippen molar-refractivity contribution in [3.05, 3.63) is 23.8 Å². The van der Waals surface area contributed by atoms with Gasteiger partial charge in [0.2, 0.25) is 5.91 Å². The van der Waals surface area contributed by atoms with Crippen molar-refractivity contribution in [2.45, 2.75) is 13.0 Å². The van der Waals surface area contributed by atoms with Gasteiger partial charge in [-0.25, -0.2) is 0 Å². The number of rotatable bonds is 4. The number of nitrogens with zero attached hydrogens (tertiary/aromatic N) is 1. The number of benzene rings is 1. The second-order valence-electron chi connectivity index (χ2n) is 4.52. The molecule has 4 nitrogen and oxygen atoms in total. The van der Waals surface area contributed by atoms with E-state index >= 15 is 0 Å². The minimum Gasteiger partial charge on any atom is -0.497 e. The Morgan fingerprint density at radius 2 is 2.21 bits per heavy atom. The Labute approximate surface area is 113 Å². The second kappa shape index (κ2) is 5.66. The molecule has 1 saturated heterocycles. The largest absolute Gasteiger partial charge is 0.497 e. The van der Waals surface area contributed by atoms with Crippen molar-refractivity contribution in [1.29, 1.82) is 0 Å². The first-order chi connectivity index (χ1) is 9.17. The van der Waals surface area contributed by atoms with E-state index in [-0.39, 0.29) is 11.8 Å². The first kappa shape index (κ1) is 13.3. The molecule has 0 bridgehead atoms. The zero-order chi connectivity index (χ0) is 13.8. The van der Waals surface area contributed by atoms with Gasteiger partial charge in [-0.05, 0) is 18.2 Å². The lowest BCUT2D eigenvalue weighted by atomic mass is 10.1. The molecule has 0 radical (unpaired) electrons. The summed E-state index contributed by atoms with van der Waals surface area (Å²) in [5.41, 5.74) is 0.924. The Balaban J connectivity index is 2.18. The highest BCUT2D eigenvalue weighted by Gasteiger charge is 2.28. The number of ether oxygens (including phenoxy) is 2. The summed E-state index contributed by atoms with van der Waals surface area (Å²) in [5.74, 6) is 4.25. The van der Waals surface area contributed by atoms with E-state index in [0.29, 0.717) is 19.5 Å². The van der Waals surface area contributed by atoms with Gasteiger partial charge in [0.05, 0.1) is 14.2 Å². The van der Waals surface area contributed by atoms with E-state index in [1.165, 1.54) is 0 Å². The third-order valence-corrected chi connectivity index (χ3v) is 3.30. The summed E-state index contributed by atoms with van der Waals surface area (Å²) >= 11 is 0. The lowest BCUT2D eigenvalue weighted by Gasteiger charge is -2.18. The third kappa shape index (κ3) is 2.82. The van der Waals surface area contributed by atoms with Crippen LogP contribution in [-0.4, -0.2) is 31.6 Å². The van der Waals surface area contributed by atoms with Crippen LogP contribution in [0, 0.1) is 18.3 Å². The van der Waals surface area contributed by atoms with Crippen LogP contribution < -0.4 is 9.47 Å². The van der Waals surface area contributed by atoms with Crippen LogP contribution in [0.1, 0.15) is 12.0 Å². The van der Waals surface area contributed by atoms with Gasteiger partial charge in [-0.2, -0.15) is 0 Å². The highest BCUT2D eigenvalue weighted by Crippen LogP contribution is 2.27. The number of carbonyl (C=O) groups excluding carboxylic acids is 1. The van der Waals surface area contributed by atoms with E-state index < -0.39 is 0 Å². The van der Waals surface area contributed by atoms with Crippen LogP contribution in [-0.2, 0) is 11.3 Å². The van der Waals surface area contributed by atoms with Gasteiger partial charge >= 0.3 is 0 Å². The molecule has 1 amide bonds. The van der Waals surface area contributed by atoms with Crippen LogP contribution in [0.3, 0.4) is 0 Å². The molecular formula is C15H17NO3. The van der Waals surface area contributed by atoms with Crippen molar-refractivity contribution in [2.24, 2.45) is 5.92 Å². The zero-order valence-corrected chi connectivity index (χ0v) is 11.2. The molecule has 1 atom stereocenters. The molecule has 1 aromatic carbocycles. The molecule has 1 aliphatic rings. The Morgan fingerprint density at radius 1 is 1.42 bits per heavy atom. The van der Waals surface area contributed by atoms with E-state index in [2.05, 4.69) is 5.92 Å². The van der Waals surface area contributed by atoms with Gasteiger partial charge in [0, 0.05) is 31.0 Å². The van der Waals surface area contributed by atoms with Crippen LogP contribution in [0.4, 0.5) is 0 Å². The van der Waals surface area contributed by atoms with Gasteiger partial charge in [-0.1, -0.05) is 0 Å². The van der Waals surface area contributed by atoms with Crippen molar-refractivity contribution in [3.8, 4) is 23.8 Å². The minimum atomic E-state index is 0.0177. The Morgan fingerprint density at radius 3 is 2.79 bits per heavy atom. The number of amides is 1. The number of carbonyl (C=O) groups is 1. The van der Waals surface area contributed by atoms with Crippen molar-refractivity contribution in [2.75, 3.05) is 20.8 Å². The summed E-state index contributed by atoms with van der Waals surface area (Å²) in [4.78, 5) is 13.6. The normalized spacial score (nSPS) is 18.3. The Kier molecular flexibility index (Phi) is 3.96. The number of likely N-dealkylation sites (tertiary alicyclic amines) is 1. The Hall–Kier alpha value is -2.15. The number of terminal acetylenes is 1. The molecule has 1 unspecified atom stereocenters. The van der Waals surface area contributed by atoms with E-state index in [1.807, 2.05) is 18.2 Å². The molecule has 4 heteroatoms. The number of hydrogen-bond donors (Lipinski definition) is 0. The van der Waals surface area contributed by atoms with Crippen molar-refractivity contribution in [3.63, 3.8) is 0 Å². The average Bonchev–Trinajstić information content (AvgIpc) is 2.79. The van der Waals surface area contributed by atoms with Gasteiger partial charge in [0.1, 0.15) is 11.5 Å². The predicted octanol–water partition coefficient (Wildman–Crippen LogP) is 1.69. The van der Waals surface area contributed by atoms with Crippen LogP contribution >= 0.6 is 0 Å². The van der Waals surface area contributed by atoms with Crippen LogP contribution in [0.5, 0.6) is 11.5 Å². The lowest BCUT2D eigenvalue weighted by Crippen LogP contribution is -2.24. The molecule has 0 aliphatic carbocycles.